The number of amides is 4. The minimum absolute atomic E-state index is 0.0490. The van der Waals surface area contributed by atoms with Gasteiger partial charge in [-0.3, -0.25) is 9.69 Å². The molecule has 0 N–H and O–H groups in total. The maximum atomic E-state index is 12.4. The van der Waals surface area contributed by atoms with Gasteiger partial charge in [0, 0.05) is 25.7 Å². The van der Waals surface area contributed by atoms with Crippen LogP contribution in [-0.2, 0) is 9.53 Å². The molecule has 1 atom stereocenters. The Morgan fingerprint density at radius 3 is 2.52 bits per heavy atom. The van der Waals surface area contributed by atoms with E-state index >= 15 is 0 Å². The highest BCUT2D eigenvalue weighted by molar-refractivity contribution is 6.04. The van der Waals surface area contributed by atoms with E-state index in [0.29, 0.717) is 39.1 Å². The third-order valence-electron chi connectivity index (χ3n) is 4.58. The van der Waals surface area contributed by atoms with Crippen molar-refractivity contribution in [2.45, 2.75) is 44.7 Å². The molecule has 7 nitrogen and oxygen atoms in total. The zero-order chi connectivity index (χ0) is 15.0. The van der Waals surface area contributed by atoms with Crippen LogP contribution in [0.25, 0.3) is 0 Å². The molecule has 0 saturated carbocycles. The van der Waals surface area contributed by atoms with Crippen LogP contribution in [0.3, 0.4) is 0 Å². The monoisotopic (exact) mass is 295 g/mol. The number of fused-ring (bicyclic) bond motifs is 1. The Hall–Kier alpha value is -1.79. The average Bonchev–Trinajstić information content (AvgIpc) is 3.05. The molecule has 7 heteroatoms. The van der Waals surface area contributed by atoms with Crippen molar-refractivity contribution in [3.63, 3.8) is 0 Å². The van der Waals surface area contributed by atoms with E-state index in [1.807, 2.05) is 0 Å². The summed E-state index contributed by atoms with van der Waals surface area (Å²) in [7, 11) is 0. The normalized spacial score (nSPS) is 26.5. The molecule has 0 aromatic heterocycles. The maximum absolute atomic E-state index is 12.4. The van der Waals surface area contributed by atoms with Crippen LogP contribution in [0.5, 0.6) is 0 Å². The second kappa shape index (κ2) is 5.54. The number of urea groups is 1. The van der Waals surface area contributed by atoms with Gasteiger partial charge in [-0.15, -0.1) is 0 Å². The summed E-state index contributed by atoms with van der Waals surface area (Å²) < 4.78 is 4.98. The van der Waals surface area contributed by atoms with Crippen molar-refractivity contribution in [2.24, 2.45) is 0 Å². The average molecular weight is 295 g/mol. The molecule has 0 spiro atoms. The van der Waals surface area contributed by atoms with Crippen LogP contribution in [-0.4, -0.2) is 71.1 Å². The predicted octanol–water partition coefficient (Wildman–Crippen LogP) is 1.03. The van der Waals surface area contributed by atoms with Gasteiger partial charge in [0.05, 0.1) is 6.61 Å². The van der Waals surface area contributed by atoms with Crippen molar-refractivity contribution < 1.29 is 19.1 Å². The first-order valence-electron chi connectivity index (χ1n) is 7.69. The van der Waals surface area contributed by atoms with Crippen molar-refractivity contribution in [1.82, 2.24) is 14.7 Å². The Labute approximate surface area is 123 Å². The van der Waals surface area contributed by atoms with Gasteiger partial charge in [-0.25, -0.2) is 9.59 Å². The zero-order valence-electron chi connectivity index (χ0n) is 12.3. The number of likely N-dealkylation sites (tertiary alicyclic amines) is 1. The lowest BCUT2D eigenvalue weighted by Crippen LogP contribution is -2.49. The zero-order valence-corrected chi connectivity index (χ0v) is 12.3. The molecule has 0 aromatic carbocycles. The first-order valence-corrected chi connectivity index (χ1v) is 7.69. The van der Waals surface area contributed by atoms with Gasteiger partial charge in [0.1, 0.15) is 6.04 Å². The van der Waals surface area contributed by atoms with Crippen LogP contribution in [0.1, 0.15) is 32.6 Å². The number of rotatable bonds is 2. The van der Waals surface area contributed by atoms with Crippen LogP contribution in [0.4, 0.5) is 9.59 Å². The lowest BCUT2D eigenvalue weighted by molar-refractivity contribution is -0.130. The van der Waals surface area contributed by atoms with E-state index in [1.165, 1.54) is 4.90 Å². The lowest BCUT2D eigenvalue weighted by atomic mass is 10.0. The Balaban J connectivity index is 1.61. The van der Waals surface area contributed by atoms with Gasteiger partial charge in [0.25, 0.3) is 5.91 Å². The van der Waals surface area contributed by atoms with Gasteiger partial charge >= 0.3 is 12.1 Å². The first-order chi connectivity index (χ1) is 10.1. The Kier molecular flexibility index (Phi) is 3.73. The molecule has 0 radical (unpaired) electrons. The quantitative estimate of drug-likeness (QED) is 0.714. The molecule has 116 valence electrons. The molecule has 3 saturated heterocycles. The number of imide groups is 1. The highest BCUT2D eigenvalue weighted by atomic mass is 16.6. The first kappa shape index (κ1) is 14.2. The molecule has 3 rings (SSSR count). The number of hydrogen-bond donors (Lipinski definition) is 0. The van der Waals surface area contributed by atoms with E-state index < -0.39 is 0 Å². The van der Waals surface area contributed by atoms with Crippen LogP contribution in [0, 0.1) is 0 Å². The molecule has 21 heavy (non-hydrogen) atoms. The number of piperidine rings is 1. The fraction of sp³-hybridized carbons (Fsp3) is 0.786. The summed E-state index contributed by atoms with van der Waals surface area (Å²) >= 11 is 0. The van der Waals surface area contributed by atoms with Crippen LogP contribution in [0.2, 0.25) is 0 Å². The minimum atomic E-state index is -0.310. The molecule has 0 bridgehead atoms. The standard InChI is InChI=1S/C14H21N3O4/c1-2-21-14(20)15-8-5-10(6-9-15)17-12(18)11-4-3-7-16(11)13(17)19/h10-11H,2-9H2,1H3/t11-/m1/s1. The van der Waals surface area contributed by atoms with E-state index in [0.717, 1.165) is 12.8 Å². The van der Waals surface area contributed by atoms with Crippen molar-refractivity contribution in [2.75, 3.05) is 26.2 Å². The molecule has 3 fully saturated rings. The van der Waals surface area contributed by atoms with Crippen molar-refractivity contribution in [3.8, 4) is 0 Å². The number of hydrogen-bond acceptors (Lipinski definition) is 4. The van der Waals surface area contributed by atoms with Crippen molar-refractivity contribution in [1.29, 1.82) is 0 Å². The lowest BCUT2D eigenvalue weighted by Gasteiger charge is -2.35. The van der Waals surface area contributed by atoms with E-state index in [4.69, 9.17) is 4.74 Å². The van der Waals surface area contributed by atoms with E-state index in [9.17, 15) is 14.4 Å². The molecule has 0 unspecified atom stereocenters. The van der Waals surface area contributed by atoms with Gasteiger partial charge in [-0.1, -0.05) is 0 Å². The van der Waals surface area contributed by atoms with E-state index in [1.54, 1.807) is 16.7 Å². The Morgan fingerprint density at radius 2 is 1.90 bits per heavy atom. The van der Waals surface area contributed by atoms with Crippen LogP contribution < -0.4 is 0 Å². The summed E-state index contributed by atoms with van der Waals surface area (Å²) in [5.41, 5.74) is 0. The number of ether oxygens (including phenoxy) is 1. The SMILES string of the molecule is CCOC(=O)N1CCC(N2C(=O)[C@H]3CCCN3C2=O)CC1. The highest BCUT2D eigenvalue weighted by Crippen LogP contribution is 2.31. The number of carbonyl (C=O) groups excluding carboxylic acids is 3. The third kappa shape index (κ3) is 2.34. The minimum Gasteiger partial charge on any atom is -0.450 e. The Bertz CT molecular complexity index is 437. The number of nitrogens with zero attached hydrogens (tertiary/aromatic N) is 3. The summed E-state index contributed by atoms with van der Waals surface area (Å²) in [5.74, 6) is -0.0490. The topological polar surface area (TPSA) is 70.2 Å². The van der Waals surface area contributed by atoms with Crippen molar-refractivity contribution in [3.05, 3.63) is 0 Å². The van der Waals surface area contributed by atoms with Gasteiger partial charge in [0.15, 0.2) is 0 Å². The molecule has 3 heterocycles. The van der Waals surface area contributed by atoms with Gasteiger partial charge in [-0.2, -0.15) is 0 Å². The fourth-order valence-electron chi connectivity index (χ4n) is 3.50. The molecule has 0 aliphatic carbocycles. The smallest absolute Gasteiger partial charge is 0.409 e. The van der Waals surface area contributed by atoms with E-state index in [2.05, 4.69) is 0 Å². The summed E-state index contributed by atoms with van der Waals surface area (Å²) in [4.78, 5) is 41.2. The van der Waals surface area contributed by atoms with Crippen molar-refractivity contribution >= 4 is 18.0 Å². The molecular weight excluding hydrogens is 274 g/mol. The van der Waals surface area contributed by atoms with Crippen LogP contribution >= 0.6 is 0 Å². The summed E-state index contributed by atoms with van der Waals surface area (Å²) in [6, 6.07) is -0.459. The Morgan fingerprint density at radius 1 is 1.19 bits per heavy atom. The molecule has 4 amide bonds. The van der Waals surface area contributed by atoms with Crippen LogP contribution in [0.15, 0.2) is 0 Å². The summed E-state index contributed by atoms with van der Waals surface area (Å²) in [6.45, 7) is 3.89. The molecule has 3 aliphatic heterocycles. The van der Waals surface area contributed by atoms with Gasteiger partial charge in [-0.05, 0) is 32.6 Å². The predicted molar refractivity (Wildman–Crippen MR) is 73.6 cm³/mol. The van der Waals surface area contributed by atoms with Gasteiger partial charge < -0.3 is 14.5 Å². The molecule has 0 aromatic rings. The third-order valence-corrected chi connectivity index (χ3v) is 4.58. The highest BCUT2D eigenvalue weighted by Gasteiger charge is 2.50. The second-order valence-electron chi connectivity index (χ2n) is 5.76. The number of carbonyl (C=O) groups is 3. The molecular formula is C14H21N3O4. The van der Waals surface area contributed by atoms with E-state index in [-0.39, 0.29) is 30.1 Å². The fourth-order valence-corrected chi connectivity index (χ4v) is 3.50. The summed E-state index contributed by atoms with van der Waals surface area (Å²) in [6.07, 6.45) is 2.66. The summed E-state index contributed by atoms with van der Waals surface area (Å²) in [5, 5.41) is 0. The molecule has 3 aliphatic rings. The van der Waals surface area contributed by atoms with Gasteiger partial charge in [0.2, 0.25) is 0 Å². The maximum Gasteiger partial charge on any atom is 0.409 e. The second-order valence-corrected chi connectivity index (χ2v) is 5.76. The largest absolute Gasteiger partial charge is 0.450 e.